The third-order valence-electron chi connectivity index (χ3n) is 8.05. The van der Waals surface area contributed by atoms with E-state index in [4.69, 9.17) is 4.74 Å². The Hall–Kier alpha value is -5.29. The lowest BCUT2D eigenvalue weighted by Crippen LogP contribution is -2.50. The smallest absolute Gasteiger partial charge is 0.416 e. The van der Waals surface area contributed by atoms with Crippen LogP contribution in [0, 0.1) is 6.92 Å². The van der Waals surface area contributed by atoms with Gasteiger partial charge in [0.05, 0.1) is 28.3 Å². The number of benzene rings is 5. The van der Waals surface area contributed by atoms with E-state index in [1.807, 2.05) is 44.2 Å². The molecule has 0 unspecified atom stereocenters. The summed E-state index contributed by atoms with van der Waals surface area (Å²) in [6.07, 6.45) is -5.93. The van der Waals surface area contributed by atoms with Crippen LogP contribution in [0.3, 0.4) is 0 Å². The van der Waals surface area contributed by atoms with Crippen molar-refractivity contribution in [2.45, 2.75) is 37.6 Å². The number of nitrogens with one attached hydrogen (secondary N) is 1. The van der Waals surface area contributed by atoms with Crippen molar-refractivity contribution in [3.8, 4) is 5.75 Å². The molecule has 0 spiro atoms. The molecule has 246 valence electrons. The summed E-state index contributed by atoms with van der Waals surface area (Å²) in [6, 6.07) is 31.8. The Morgan fingerprint density at radius 2 is 1.50 bits per heavy atom. The van der Waals surface area contributed by atoms with E-state index in [2.05, 4.69) is 4.72 Å². The molecule has 1 aliphatic rings. The van der Waals surface area contributed by atoms with E-state index in [9.17, 15) is 26.4 Å². The molecule has 1 atom stereocenters. The molecule has 1 N–H and O–H groups in total. The summed E-state index contributed by atoms with van der Waals surface area (Å²) >= 11 is 0. The lowest BCUT2D eigenvalue weighted by molar-refractivity contribution is -0.138. The molecule has 7 nitrogen and oxygen atoms in total. The summed E-state index contributed by atoms with van der Waals surface area (Å²) in [4.78, 5) is 17.4. The summed E-state index contributed by atoms with van der Waals surface area (Å²) in [7, 11) is -4.18. The Morgan fingerprint density at radius 1 is 0.833 bits per heavy atom. The van der Waals surface area contributed by atoms with Crippen LogP contribution < -0.4 is 19.3 Å². The molecule has 11 heteroatoms. The van der Waals surface area contributed by atoms with Crippen LogP contribution in [0.5, 0.6) is 5.75 Å². The number of rotatable bonds is 9. The molecule has 5 aromatic rings. The Bertz CT molecular complexity index is 2040. The number of hydrogen-bond donors (Lipinski definition) is 1. The maximum absolute atomic E-state index is 14.6. The van der Waals surface area contributed by atoms with Gasteiger partial charge in [0, 0.05) is 23.5 Å². The highest BCUT2D eigenvalue weighted by Gasteiger charge is 2.44. The van der Waals surface area contributed by atoms with Gasteiger partial charge in [-0.25, -0.2) is 8.42 Å². The number of aryl methyl sites for hydroxylation is 1. The normalized spacial score (nSPS) is 14.9. The zero-order valence-corrected chi connectivity index (χ0v) is 26.9. The fourth-order valence-electron chi connectivity index (χ4n) is 5.82. The second-order valence-corrected chi connectivity index (χ2v) is 13.0. The van der Waals surface area contributed by atoms with E-state index >= 15 is 0 Å². The maximum Gasteiger partial charge on any atom is 0.416 e. The molecule has 5 aromatic carbocycles. The summed E-state index contributed by atoms with van der Waals surface area (Å²) in [5.41, 5.74) is 1.66. The quantitative estimate of drug-likeness (QED) is 0.170. The molecule has 1 heterocycles. The molecule has 0 saturated carbocycles. The Morgan fingerprint density at radius 3 is 2.17 bits per heavy atom. The van der Waals surface area contributed by atoms with Gasteiger partial charge >= 0.3 is 6.18 Å². The molecule has 1 amide bonds. The van der Waals surface area contributed by atoms with Crippen molar-refractivity contribution in [3.63, 3.8) is 0 Å². The number of sulfonamides is 1. The lowest BCUT2D eigenvalue weighted by Gasteiger charge is -2.46. The van der Waals surface area contributed by atoms with Crippen molar-refractivity contribution < 1.29 is 31.1 Å². The van der Waals surface area contributed by atoms with Crippen LogP contribution in [0.15, 0.2) is 126 Å². The first-order chi connectivity index (χ1) is 23.0. The van der Waals surface area contributed by atoms with Gasteiger partial charge in [-0.15, -0.1) is 0 Å². The van der Waals surface area contributed by atoms with Crippen molar-refractivity contribution in [2.24, 2.45) is 0 Å². The predicted molar refractivity (Wildman–Crippen MR) is 180 cm³/mol. The minimum Gasteiger partial charge on any atom is -0.494 e. The van der Waals surface area contributed by atoms with Crippen LogP contribution in [-0.2, 0) is 22.7 Å². The Balaban J connectivity index is 1.52. The average molecular weight is 672 g/mol. The van der Waals surface area contributed by atoms with Crippen molar-refractivity contribution in [1.29, 1.82) is 0 Å². The Kier molecular flexibility index (Phi) is 8.89. The SMILES string of the molecule is CCOc1ccc(NS(=O)(=O)c2ccc3c(c2)C(=O)N(c2ccc(C)cc2)[C@H](c2ccccc2C(F)(F)F)N3Cc2ccccc2)cc1. The first kappa shape index (κ1) is 32.6. The van der Waals surface area contributed by atoms with E-state index in [0.29, 0.717) is 29.4 Å². The zero-order valence-electron chi connectivity index (χ0n) is 26.1. The number of amides is 1. The topological polar surface area (TPSA) is 78.9 Å². The number of alkyl halides is 3. The molecule has 0 fully saturated rings. The van der Waals surface area contributed by atoms with Gasteiger partial charge in [0.15, 0.2) is 0 Å². The molecular weight excluding hydrogens is 639 g/mol. The predicted octanol–water partition coefficient (Wildman–Crippen LogP) is 8.58. The van der Waals surface area contributed by atoms with E-state index in [1.54, 1.807) is 53.4 Å². The molecule has 6 rings (SSSR count). The van der Waals surface area contributed by atoms with Gasteiger partial charge in [-0.3, -0.25) is 14.4 Å². The van der Waals surface area contributed by atoms with Crippen LogP contribution in [-0.4, -0.2) is 20.9 Å². The first-order valence-corrected chi connectivity index (χ1v) is 16.7. The molecule has 0 radical (unpaired) electrons. The number of fused-ring (bicyclic) bond motifs is 1. The number of nitrogens with zero attached hydrogens (tertiary/aromatic N) is 2. The maximum atomic E-state index is 14.6. The van der Waals surface area contributed by atoms with E-state index in [-0.39, 0.29) is 22.6 Å². The van der Waals surface area contributed by atoms with Gasteiger partial charge < -0.3 is 9.64 Å². The standard InChI is InChI=1S/C37H32F3N3O4S/c1-3-47-29-19-15-27(16-20-29)41-48(45,46)30-21-22-34-32(23-30)36(44)43(28-17-13-25(2)14-18-28)35(42(34)24-26-9-5-4-6-10-26)31-11-7-8-12-33(31)37(38,39)40/h4-23,35,41H,3,24H2,1-2H3/t35-/m1/s1. The van der Waals surface area contributed by atoms with Crippen LogP contribution in [0.1, 0.15) is 45.7 Å². The van der Waals surface area contributed by atoms with Gasteiger partial charge in [-0.2, -0.15) is 13.2 Å². The van der Waals surface area contributed by atoms with E-state index in [0.717, 1.165) is 17.2 Å². The number of carbonyl (C=O) groups is 1. The average Bonchev–Trinajstić information content (AvgIpc) is 3.07. The van der Waals surface area contributed by atoms with Crippen LogP contribution >= 0.6 is 0 Å². The summed E-state index contributed by atoms with van der Waals surface area (Å²) in [6.45, 7) is 4.28. The minimum absolute atomic E-state index is 0.0295. The van der Waals surface area contributed by atoms with Gasteiger partial charge in [0.25, 0.3) is 15.9 Å². The zero-order chi connectivity index (χ0) is 34.1. The first-order valence-electron chi connectivity index (χ1n) is 15.2. The van der Waals surface area contributed by atoms with Crippen LogP contribution in [0.2, 0.25) is 0 Å². The largest absolute Gasteiger partial charge is 0.494 e. The van der Waals surface area contributed by atoms with E-state index < -0.39 is 33.8 Å². The van der Waals surface area contributed by atoms with Crippen molar-refractivity contribution >= 4 is 33.0 Å². The Labute approximate surface area is 277 Å². The highest BCUT2D eigenvalue weighted by molar-refractivity contribution is 7.92. The summed E-state index contributed by atoms with van der Waals surface area (Å²) in [5, 5.41) is 0. The molecule has 1 aliphatic heterocycles. The molecule has 0 aromatic heterocycles. The third kappa shape index (κ3) is 6.59. The number of anilines is 3. The fourth-order valence-corrected chi connectivity index (χ4v) is 6.90. The molecule has 0 bridgehead atoms. The molecule has 0 saturated heterocycles. The third-order valence-corrected chi connectivity index (χ3v) is 9.43. The second-order valence-electron chi connectivity index (χ2n) is 11.3. The monoisotopic (exact) mass is 671 g/mol. The van der Waals surface area contributed by atoms with Crippen molar-refractivity contribution in [2.75, 3.05) is 21.1 Å². The lowest BCUT2D eigenvalue weighted by atomic mass is 9.95. The molecular formula is C37H32F3N3O4S. The second kappa shape index (κ2) is 13.1. The van der Waals surface area contributed by atoms with Crippen LogP contribution in [0.4, 0.5) is 30.2 Å². The van der Waals surface area contributed by atoms with Gasteiger partial charge in [-0.1, -0.05) is 66.2 Å². The summed E-state index contributed by atoms with van der Waals surface area (Å²) < 4.78 is 78.8. The molecule has 48 heavy (non-hydrogen) atoms. The van der Waals surface area contributed by atoms with Gasteiger partial charge in [0.2, 0.25) is 0 Å². The molecule has 0 aliphatic carbocycles. The number of ether oxygens (including phenoxy) is 1. The fraction of sp³-hybridized carbons (Fsp3) is 0.162. The van der Waals surface area contributed by atoms with Gasteiger partial charge in [-0.05, 0) is 80.1 Å². The minimum atomic E-state index is -4.71. The van der Waals surface area contributed by atoms with Crippen molar-refractivity contribution in [1.82, 2.24) is 0 Å². The number of halogens is 3. The summed E-state index contributed by atoms with van der Waals surface area (Å²) in [5.74, 6) is -0.0607. The van der Waals surface area contributed by atoms with Gasteiger partial charge in [0.1, 0.15) is 11.9 Å². The van der Waals surface area contributed by atoms with Crippen LogP contribution in [0.25, 0.3) is 0 Å². The highest BCUT2D eigenvalue weighted by Crippen LogP contribution is 2.46. The number of hydrogen-bond acceptors (Lipinski definition) is 5. The van der Waals surface area contributed by atoms with Crippen molar-refractivity contribution in [3.05, 3.63) is 149 Å². The highest BCUT2D eigenvalue weighted by atomic mass is 32.2. The number of carbonyl (C=O) groups excluding carboxylic acids is 1. The van der Waals surface area contributed by atoms with E-state index in [1.165, 1.54) is 41.3 Å².